The molecule has 0 aromatic heterocycles. The Hall–Kier alpha value is -1.30. The minimum atomic E-state index is -0.976. The van der Waals surface area contributed by atoms with Crippen LogP contribution in [0.5, 0.6) is 0 Å². The highest BCUT2D eigenvalue weighted by molar-refractivity contribution is 6.36. The van der Waals surface area contributed by atoms with E-state index in [1.807, 2.05) is 0 Å². The summed E-state index contributed by atoms with van der Waals surface area (Å²) in [5.74, 6) is -0.443. The fourth-order valence-electron chi connectivity index (χ4n) is 2.53. The molecule has 2 atom stereocenters. The molecule has 22 heavy (non-hydrogen) atoms. The minimum absolute atomic E-state index is 0.0266. The number of amides is 2. The second-order valence-corrected chi connectivity index (χ2v) is 6.16. The second kappa shape index (κ2) is 7.31. The molecule has 2 rings (SSSR count). The number of aliphatic hydroxyl groups excluding tert-OH is 1. The molecule has 5 nitrogen and oxygen atoms in total. The number of carbonyl (C=O) groups excluding carboxylic acids is 2. The second-order valence-electron chi connectivity index (χ2n) is 5.35. The van der Waals surface area contributed by atoms with Gasteiger partial charge in [0.2, 0.25) is 11.8 Å². The molecule has 0 spiro atoms. The van der Waals surface area contributed by atoms with Crippen molar-refractivity contribution >= 4 is 35.0 Å². The van der Waals surface area contributed by atoms with Crippen LogP contribution in [0.1, 0.15) is 25.0 Å². The van der Waals surface area contributed by atoms with Crippen LogP contribution in [0.25, 0.3) is 0 Å². The normalized spacial score (nSPS) is 19.1. The molecule has 0 aliphatic carbocycles. The Bertz CT molecular complexity index is 560. The molecule has 2 amide bonds. The topological polar surface area (TPSA) is 69.6 Å². The number of benzene rings is 1. The van der Waals surface area contributed by atoms with Gasteiger partial charge in [-0.05, 0) is 18.6 Å². The van der Waals surface area contributed by atoms with E-state index in [0.29, 0.717) is 35.1 Å². The summed E-state index contributed by atoms with van der Waals surface area (Å²) in [6.07, 6.45) is -0.343. The summed E-state index contributed by atoms with van der Waals surface area (Å²) in [5.41, 5.74) is 0.405. The molecule has 1 aromatic rings. The average Bonchev–Trinajstić information content (AvgIpc) is 2.94. The fourth-order valence-corrected chi connectivity index (χ4v) is 3.18. The van der Waals surface area contributed by atoms with E-state index in [0.717, 1.165) is 0 Å². The number of nitrogens with zero attached hydrogens (tertiary/aromatic N) is 1. The Balaban J connectivity index is 1.90. The maximum Gasteiger partial charge on any atom is 0.225 e. The molecular weight excluding hydrogens is 327 g/mol. The zero-order valence-corrected chi connectivity index (χ0v) is 13.7. The standard InChI is InChI=1S/C15H18Cl2N2O3/c1-9(20)19-6-5-10(8-19)15(22)18-7-13(21)14-11(16)3-2-4-12(14)17/h2-4,10,13,21H,5-8H2,1H3,(H,18,22). The molecule has 0 saturated carbocycles. The van der Waals surface area contributed by atoms with Gasteiger partial charge in [-0.1, -0.05) is 29.3 Å². The van der Waals surface area contributed by atoms with Gasteiger partial charge < -0.3 is 15.3 Å². The molecule has 0 radical (unpaired) electrons. The fraction of sp³-hybridized carbons (Fsp3) is 0.467. The van der Waals surface area contributed by atoms with Crippen LogP contribution < -0.4 is 5.32 Å². The van der Waals surface area contributed by atoms with Crippen molar-refractivity contribution in [2.24, 2.45) is 5.92 Å². The summed E-state index contributed by atoms with van der Waals surface area (Å²) in [6, 6.07) is 4.96. The quantitative estimate of drug-likeness (QED) is 0.877. The number of halogens is 2. The van der Waals surface area contributed by atoms with Gasteiger partial charge in [-0.15, -0.1) is 0 Å². The molecule has 1 aliphatic rings. The monoisotopic (exact) mass is 344 g/mol. The van der Waals surface area contributed by atoms with Gasteiger partial charge in [0.25, 0.3) is 0 Å². The summed E-state index contributed by atoms with van der Waals surface area (Å²) in [7, 11) is 0. The van der Waals surface area contributed by atoms with Gasteiger partial charge in [-0.3, -0.25) is 9.59 Å². The summed E-state index contributed by atoms with van der Waals surface area (Å²) in [6.45, 7) is 2.53. The lowest BCUT2D eigenvalue weighted by molar-refractivity contribution is -0.128. The summed E-state index contributed by atoms with van der Waals surface area (Å²) < 4.78 is 0. The SMILES string of the molecule is CC(=O)N1CCC(C(=O)NCC(O)c2c(Cl)cccc2Cl)C1. The Morgan fingerprint density at radius 1 is 1.41 bits per heavy atom. The van der Waals surface area contributed by atoms with Crippen molar-refractivity contribution in [1.29, 1.82) is 0 Å². The van der Waals surface area contributed by atoms with E-state index in [-0.39, 0.29) is 24.3 Å². The Morgan fingerprint density at radius 2 is 2.05 bits per heavy atom. The lowest BCUT2D eigenvalue weighted by Crippen LogP contribution is -2.36. The van der Waals surface area contributed by atoms with E-state index in [1.165, 1.54) is 6.92 Å². The van der Waals surface area contributed by atoms with Crippen molar-refractivity contribution in [2.75, 3.05) is 19.6 Å². The zero-order chi connectivity index (χ0) is 16.3. The van der Waals surface area contributed by atoms with Gasteiger partial charge >= 0.3 is 0 Å². The lowest BCUT2D eigenvalue weighted by atomic mass is 10.1. The highest BCUT2D eigenvalue weighted by Crippen LogP contribution is 2.30. The van der Waals surface area contributed by atoms with Crippen molar-refractivity contribution in [3.63, 3.8) is 0 Å². The zero-order valence-electron chi connectivity index (χ0n) is 12.2. The van der Waals surface area contributed by atoms with E-state index >= 15 is 0 Å². The minimum Gasteiger partial charge on any atom is -0.386 e. The van der Waals surface area contributed by atoms with Gasteiger partial charge in [0.1, 0.15) is 0 Å². The number of carbonyl (C=O) groups is 2. The summed E-state index contributed by atoms with van der Waals surface area (Å²) in [5, 5.41) is 13.6. The molecule has 1 aromatic carbocycles. The van der Waals surface area contributed by atoms with E-state index in [4.69, 9.17) is 23.2 Å². The molecule has 0 bridgehead atoms. The van der Waals surface area contributed by atoms with Gasteiger partial charge in [0.05, 0.1) is 12.0 Å². The Kier molecular flexibility index (Phi) is 5.67. The molecule has 1 saturated heterocycles. The number of aliphatic hydroxyl groups is 1. The van der Waals surface area contributed by atoms with Crippen LogP contribution >= 0.6 is 23.2 Å². The van der Waals surface area contributed by atoms with Crippen molar-refractivity contribution in [1.82, 2.24) is 10.2 Å². The van der Waals surface area contributed by atoms with Crippen LogP contribution in [0.3, 0.4) is 0 Å². The van der Waals surface area contributed by atoms with Crippen molar-refractivity contribution in [3.8, 4) is 0 Å². The van der Waals surface area contributed by atoms with Crippen LogP contribution in [0.15, 0.2) is 18.2 Å². The number of likely N-dealkylation sites (tertiary alicyclic amines) is 1. The van der Waals surface area contributed by atoms with Crippen LogP contribution in [0.2, 0.25) is 10.0 Å². The van der Waals surface area contributed by atoms with Gasteiger partial charge in [-0.25, -0.2) is 0 Å². The maximum absolute atomic E-state index is 12.1. The highest BCUT2D eigenvalue weighted by Gasteiger charge is 2.29. The average molecular weight is 345 g/mol. The molecule has 1 heterocycles. The van der Waals surface area contributed by atoms with E-state index in [9.17, 15) is 14.7 Å². The molecule has 2 N–H and O–H groups in total. The molecule has 7 heteroatoms. The molecule has 120 valence electrons. The van der Waals surface area contributed by atoms with Crippen LogP contribution in [0.4, 0.5) is 0 Å². The van der Waals surface area contributed by atoms with Gasteiger partial charge in [0, 0.05) is 42.2 Å². The third-order valence-corrected chi connectivity index (χ3v) is 4.47. The van der Waals surface area contributed by atoms with Gasteiger partial charge in [-0.2, -0.15) is 0 Å². The molecule has 2 unspecified atom stereocenters. The Morgan fingerprint density at radius 3 is 2.59 bits per heavy atom. The number of nitrogens with one attached hydrogen (secondary N) is 1. The van der Waals surface area contributed by atoms with Crippen molar-refractivity contribution < 1.29 is 14.7 Å². The third kappa shape index (κ3) is 3.91. The molecule has 1 fully saturated rings. The maximum atomic E-state index is 12.1. The third-order valence-electron chi connectivity index (χ3n) is 3.81. The lowest BCUT2D eigenvalue weighted by Gasteiger charge is -2.17. The van der Waals surface area contributed by atoms with Crippen LogP contribution in [-0.4, -0.2) is 41.5 Å². The van der Waals surface area contributed by atoms with E-state index in [2.05, 4.69) is 5.32 Å². The van der Waals surface area contributed by atoms with Crippen molar-refractivity contribution in [3.05, 3.63) is 33.8 Å². The first-order valence-corrected chi connectivity index (χ1v) is 7.81. The number of hydrogen-bond acceptors (Lipinski definition) is 3. The predicted molar refractivity (Wildman–Crippen MR) is 84.8 cm³/mol. The van der Waals surface area contributed by atoms with E-state index < -0.39 is 6.10 Å². The predicted octanol–water partition coefficient (Wildman–Crippen LogP) is 2.01. The van der Waals surface area contributed by atoms with E-state index in [1.54, 1.807) is 23.1 Å². The first-order valence-electron chi connectivity index (χ1n) is 7.05. The summed E-state index contributed by atoms with van der Waals surface area (Å²) >= 11 is 12.0. The smallest absolute Gasteiger partial charge is 0.225 e. The summed E-state index contributed by atoms with van der Waals surface area (Å²) in [4.78, 5) is 25.0. The Labute approximate surface area is 139 Å². The number of rotatable bonds is 4. The molecular formula is C15H18Cl2N2O3. The number of hydrogen-bond donors (Lipinski definition) is 2. The highest BCUT2D eigenvalue weighted by atomic mass is 35.5. The molecule has 1 aliphatic heterocycles. The first-order chi connectivity index (χ1) is 10.4. The largest absolute Gasteiger partial charge is 0.386 e. The first kappa shape index (κ1) is 17.1. The van der Waals surface area contributed by atoms with Gasteiger partial charge in [0.15, 0.2) is 0 Å². The van der Waals surface area contributed by atoms with Crippen LogP contribution in [0, 0.1) is 5.92 Å². The van der Waals surface area contributed by atoms with Crippen molar-refractivity contribution in [2.45, 2.75) is 19.4 Å². The van der Waals surface area contributed by atoms with Crippen LogP contribution in [-0.2, 0) is 9.59 Å².